The molecule has 5 N–H and O–H groups in total. The average molecular weight is 322 g/mol. The molecular formula is C16H22N2O3S. The minimum Gasteiger partial charge on any atom is -0.396 e. The molecule has 0 aliphatic heterocycles. The van der Waals surface area contributed by atoms with E-state index in [0.717, 1.165) is 18.4 Å². The van der Waals surface area contributed by atoms with Crippen molar-refractivity contribution in [1.82, 2.24) is 0 Å². The molecule has 1 saturated carbocycles. The molecule has 1 amide bonds. The molecule has 1 heterocycles. The summed E-state index contributed by atoms with van der Waals surface area (Å²) in [6, 6.07) is 0. The normalized spacial score (nSPS) is 24.3. The van der Waals surface area contributed by atoms with Crippen LogP contribution in [0.1, 0.15) is 64.1 Å². The maximum Gasteiger partial charge on any atom is 0.251 e. The molecule has 1 aromatic rings. The van der Waals surface area contributed by atoms with Crippen LogP contribution < -0.4 is 11.5 Å². The number of carbonyl (C=O) groups excluding carboxylic acids is 2. The summed E-state index contributed by atoms with van der Waals surface area (Å²) >= 11 is 1.20. The smallest absolute Gasteiger partial charge is 0.251 e. The Kier molecular flexibility index (Phi) is 3.99. The van der Waals surface area contributed by atoms with Crippen LogP contribution in [-0.4, -0.2) is 23.4 Å². The number of thiophene rings is 1. The molecular weight excluding hydrogens is 300 g/mol. The van der Waals surface area contributed by atoms with Crippen molar-refractivity contribution in [1.29, 1.82) is 0 Å². The van der Waals surface area contributed by atoms with Gasteiger partial charge in [0, 0.05) is 12.0 Å². The Balaban J connectivity index is 1.97. The van der Waals surface area contributed by atoms with Crippen LogP contribution in [0.3, 0.4) is 0 Å². The Labute approximate surface area is 133 Å². The lowest BCUT2D eigenvalue weighted by molar-refractivity contribution is 0.0693. The quantitative estimate of drug-likeness (QED) is 0.745. The number of anilines is 1. The average Bonchev–Trinajstić information content (AvgIpc) is 3.21. The Morgan fingerprint density at radius 3 is 2.73 bits per heavy atom. The second kappa shape index (κ2) is 5.66. The van der Waals surface area contributed by atoms with Crippen LogP contribution in [0.5, 0.6) is 0 Å². The molecule has 1 unspecified atom stereocenters. The van der Waals surface area contributed by atoms with Gasteiger partial charge in [0.15, 0.2) is 5.78 Å². The van der Waals surface area contributed by atoms with Gasteiger partial charge in [0.2, 0.25) is 0 Å². The third-order valence-corrected chi connectivity index (χ3v) is 6.07. The monoisotopic (exact) mass is 322 g/mol. The van der Waals surface area contributed by atoms with Crippen molar-refractivity contribution in [3.8, 4) is 0 Å². The van der Waals surface area contributed by atoms with E-state index in [0.29, 0.717) is 40.6 Å². The molecule has 0 aromatic carbocycles. The molecule has 1 fully saturated rings. The van der Waals surface area contributed by atoms with E-state index < -0.39 is 5.91 Å². The largest absolute Gasteiger partial charge is 0.396 e. The number of ketones is 1. The number of nitrogen functional groups attached to an aromatic ring is 1. The number of aliphatic hydroxyl groups excluding tert-OH is 1. The number of primary amides is 1. The van der Waals surface area contributed by atoms with Crippen LogP contribution in [0.15, 0.2) is 0 Å². The van der Waals surface area contributed by atoms with Gasteiger partial charge in [-0.1, -0.05) is 12.8 Å². The lowest BCUT2D eigenvalue weighted by atomic mass is 9.67. The summed E-state index contributed by atoms with van der Waals surface area (Å²) in [5.41, 5.74) is 12.0. The van der Waals surface area contributed by atoms with Crippen molar-refractivity contribution < 1.29 is 14.7 Å². The summed E-state index contributed by atoms with van der Waals surface area (Å²) in [4.78, 5) is 25.3. The van der Waals surface area contributed by atoms with Crippen molar-refractivity contribution in [3.05, 3.63) is 16.0 Å². The second-order valence-corrected chi connectivity index (χ2v) is 7.65. The van der Waals surface area contributed by atoms with Crippen LogP contribution in [0.25, 0.3) is 0 Å². The van der Waals surface area contributed by atoms with E-state index in [1.165, 1.54) is 24.2 Å². The fourth-order valence-corrected chi connectivity index (χ4v) is 4.91. The van der Waals surface area contributed by atoms with Gasteiger partial charge < -0.3 is 16.6 Å². The van der Waals surface area contributed by atoms with Crippen LogP contribution in [0.4, 0.5) is 5.00 Å². The maximum absolute atomic E-state index is 13.1. The minimum atomic E-state index is -0.548. The first-order chi connectivity index (χ1) is 10.5. The second-order valence-electron chi connectivity index (χ2n) is 6.60. The Morgan fingerprint density at radius 2 is 2.14 bits per heavy atom. The van der Waals surface area contributed by atoms with Gasteiger partial charge in [-0.15, -0.1) is 11.3 Å². The van der Waals surface area contributed by atoms with E-state index in [1.54, 1.807) is 0 Å². The fraction of sp³-hybridized carbons (Fsp3) is 0.625. The molecule has 0 saturated heterocycles. The number of hydrogen-bond acceptors (Lipinski definition) is 5. The van der Waals surface area contributed by atoms with Gasteiger partial charge in [-0.2, -0.15) is 0 Å². The maximum atomic E-state index is 13.1. The molecule has 5 nitrogen and oxygen atoms in total. The molecule has 3 rings (SSSR count). The molecule has 22 heavy (non-hydrogen) atoms. The highest BCUT2D eigenvalue weighted by atomic mass is 32.1. The number of rotatable bonds is 6. The zero-order chi connectivity index (χ0) is 15.9. The van der Waals surface area contributed by atoms with Gasteiger partial charge in [-0.3, -0.25) is 9.59 Å². The first kappa shape index (κ1) is 15.5. The fourth-order valence-electron chi connectivity index (χ4n) is 3.72. The Hall–Kier alpha value is -1.40. The number of fused-ring (bicyclic) bond motifs is 1. The molecule has 0 bridgehead atoms. The third kappa shape index (κ3) is 2.54. The van der Waals surface area contributed by atoms with E-state index in [9.17, 15) is 14.7 Å². The van der Waals surface area contributed by atoms with Crippen molar-refractivity contribution in [2.75, 3.05) is 12.3 Å². The molecule has 1 atom stereocenters. The predicted octanol–water partition coefficient (Wildman–Crippen LogP) is 2.12. The first-order valence-corrected chi connectivity index (χ1v) is 8.67. The van der Waals surface area contributed by atoms with Crippen molar-refractivity contribution >= 4 is 28.0 Å². The van der Waals surface area contributed by atoms with Crippen molar-refractivity contribution in [2.24, 2.45) is 17.1 Å². The Morgan fingerprint density at radius 1 is 1.41 bits per heavy atom. The Bertz CT molecular complexity index is 621. The summed E-state index contributed by atoms with van der Waals surface area (Å²) in [5, 5.41) is 9.53. The van der Waals surface area contributed by atoms with Gasteiger partial charge in [-0.25, -0.2) is 0 Å². The van der Waals surface area contributed by atoms with Crippen molar-refractivity contribution in [3.63, 3.8) is 0 Å². The highest BCUT2D eigenvalue weighted by Gasteiger charge is 2.47. The number of Topliss-reactive ketones (excluding diaryl/α,β-unsaturated/α-hetero) is 1. The molecule has 1 aromatic heterocycles. The number of hydrogen-bond donors (Lipinski definition) is 3. The molecule has 0 spiro atoms. The SMILES string of the molecule is NC(=O)c1c(N)sc2c1CCC(CCCO)(CC1CC1)C2=O. The molecule has 2 aliphatic carbocycles. The first-order valence-electron chi connectivity index (χ1n) is 7.85. The topological polar surface area (TPSA) is 106 Å². The number of amides is 1. The van der Waals surface area contributed by atoms with Crippen LogP contribution in [0.2, 0.25) is 0 Å². The lowest BCUT2D eigenvalue weighted by Crippen LogP contribution is -2.36. The summed E-state index contributed by atoms with van der Waals surface area (Å²) in [5.74, 6) is 0.197. The number of aliphatic hydroxyl groups is 1. The summed E-state index contributed by atoms with van der Waals surface area (Å²) in [7, 11) is 0. The van der Waals surface area contributed by atoms with E-state index in [4.69, 9.17) is 11.5 Å². The van der Waals surface area contributed by atoms with E-state index in [-0.39, 0.29) is 17.8 Å². The van der Waals surface area contributed by atoms with E-state index >= 15 is 0 Å². The van der Waals surface area contributed by atoms with Crippen LogP contribution >= 0.6 is 11.3 Å². The minimum absolute atomic E-state index is 0.103. The van der Waals surface area contributed by atoms with Gasteiger partial charge >= 0.3 is 0 Å². The van der Waals surface area contributed by atoms with E-state index in [2.05, 4.69) is 0 Å². The van der Waals surface area contributed by atoms with Crippen molar-refractivity contribution in [2.45, 2.75) is 44.9 Å². The van der Waals surface area contributed by atoms with Gasteiger partial charge in [0.1, 0.15) is 0 Å². The molecule has 2 aliphatic rings. The summed E-state index contributed by atoms with van der Waals surface area (Å²) in [6.45, 7) is 0.103. The van der Waals surface area contributed by atoms with Gasteiger partial charge in [-0.05, 0) is 43.6 Å². The summed E-state index contributed by atoms with van der Waals surface area (Å²) in [6.07, 6.45) is 6.03. The predicted molar refractivity (Wildman–Crippen MR) is 86.0 cm³/mol. The standard InChI is InChI=1S/C16H22N2O3S/c17-14(21)11-10-4-6-16(5-1-7-19,8-9-2-3-9)13(20)12(10)22-15(11)18/h9,19H,1-8,18H2,(H2,17,21). The van der Waals surface area contributed by atoms with Crippen LogP contribution in [-0.2, 0) is 6.42 Å². The molecule has 120 valence electrons. The molecule has 0 radical (unpaired) electrons. The highest BCUT2D eigenvalue weighted by molar-refractivity contribution is 7.18. The van der Waals surface area contributed by atoms with Gasteiger partial charge in [0.05, 0.1) is 15.4 Å². The van der Waals surface area contributed by atoms with E-state index in [1.807, 2.05) is 0 Å². The number of nitrogens with two attached hydrogens (primary N) is 2. The highest BCUT2D eigenvalue weighted by Crippen LogP contribution is 2.51. The molecule has 6 heteroatoms. The van der Waals surface area contributed by atoms with Gasteiger partial charge in [0.25, 0.3) is 5.91 Å². The zero-order valence-corrected chi connectivity index (χ0v) is 13.4. The zero-order valence-electron chi connectivity index (χ0n) is 12.6. The summed E-state index contributed by atoms with van der Waals surface area (Å²) < 4.78 is 0. The lowest BCUT2D eigenvalue weighted by Gasteiger charge is -2.36. The third-order valence-electron chi connectivity index (χ3n) is 5.01. The van der Waals surface area contributed by atoms with Crippen LogP contribution in [0, 0.1) is 11.3 Å². The number of carbonyl (C=O) groups is 2.